The summed E-state index contributed by atoms with van der Waals surface area (Å²) >= 11 is 0. The van der Waals surface area contributed by atoms with E-state index in [1.165, 1.54) is 0 Å². The third kappa shape index (κ3) is 3.74. The van der Waals surface area contributed by atoms with Crippen molar-refractivity contribution in [1.29, 1.82) is 0 Å². The minimum Gasteiger partial charge on any atom is -0.492 e. The van der Waals surface area contributed by atoms with Crippen molar-refractivity contribution < 1.29 is 14.1 Å². The number of ether oxygens (including phenoxy) is 1. The summed E-state index contributed by atoms with van der Waals surface area (Å²) < 4.78 is 11.1. The van der Waals surface area contributed by atoms with Crippen LogP contribution in [-0.4, -0.2) is 22.7 Å². The van der Waals surface area contributed by atoms with Crippen molar-refractivity contribution in [2.45, 2.75) is 25.3 Å². The highest BCUT2D eigenvalue weighted by molar-refractivity contribution is 5.77. The number of rotatable bonds is 5. The van der Waals surface area contributed by atoms with Gasteiger partial charge in [0.1, 0.15) is 12.4 Å². The number of carbonyl (C=O) groups is 1. The first kappa shape index (κ1) is 16.3. The fourth-order valence-electron chi connectivity index (χ4n) is 2.99. The lowest BCUT2D eigenvalue weighted by Crippen LogP contribution is -2.25. The van der Waals surface area contributed by atoms with Gasteiger partial charge in [-0.05, 0) is 23.6 Å². The highest BCUT2D eigenvalue weighted by atomic mass is 16.5. The van der Waals surface area contributed by atoms with Gasteiger partial charge in [-0.3, -0.25) is 4.79 Å². The first-order valence-corrected chi connectivity index (χ1v) is 8.62. The highest BCUT2D eigenvalue weighted by Crippen LogP contribution is 2.31. The molecule has 0 radical (unpaired) electrons. The van der Waals surface area contributed by atoms with E-state index in [9.17, 15) is 4.79 Å². The molecule has 0 unspecified atom stereocenters. The average molecular weight is 349 g/mol. The zero-order valence-electron chi connectivity index (χ0n) is 14.2. The van der Waals surface area contributed by atoms with Crippen LogP contribution < -0.4 is 10.1 Å². The third-order valence-electron chi connectivity index (χ3n) is 4.36. The van der Waals surface area contributed by atoms with E-state index < -0.39 is 0 Å². The third-order valence-corrected chi connectivity index (χ3v) is 4.36. The molecule has 26 heavy (non-hydrogen) atoms. The Kier molecular flexibility index (Phi) is 4.64. The molecular weight excluding hydrogens is 330 g/mol. The molecule has 3 aromatic rings. The van der Waals surface area contributed by atoms with Crippen molar-refractivity contribution in [2.75, 3.05) is 6.61 Å². The lowest BCUT2D eigenvalue weighted by atomic mass is 9.97. The first-order chi connectivity index (χ1) is 12.8. The molecule has 1 atom stereocenters. The Bertz CT molecular complexity index is 892. The van der Waals surface area contributed by atoms with Gasteiger partial charge in [-0.15, -0.1) is 0 Å². The Morgan fingerprint density at radius 3 is 2.81 bits per heavy atom. The minimum absolute atomic E-state index is 0.0125. The Morgan fingerprint density at radius 2 is 1.92 bits per heavy atom. The Labute approximate surface area is 151 Å². The van der Waals surface area contributed by atoms with Gasteiger partial charge in [-0.1, -0.05) is 53.7 Å². The molecule has 1 amide bonds. The zero-order valence-corrected chi connectivity index (χ0v) is 14.2. The molecule has 2 aromatic carbocycles. The number of nitrogens with one attached hydrogen (secondary N) is 1. The number of aromatic nitrogens is 2. The fraction of sp³-hybridized carbons (Fsp3) is 0.250. The summed E-state index contributed by atoms with van der Waals surface area (Å²) in [6.45, 7) is 0.983. The van der Waals surface area contributed by atoms with E-state index in [0.717, 1.165) is 23.3 Å². The fourth-order valence-corrected chi connectivity index (χ4v) is 2.99. The van der Waals surface area contributed by atoms with Crippen molar-refractivity contribution in [3.05, 3.63) is 77.4 Å². The molecule has 1 N–H and O–H groups in total. The average Bonchev–Trinajstić information content (AvgIpc) is 3.15. The van der Waals surface area contributed by atoms with Crippen LogP contribution in [0.3, 0.4) is 0 Å². The molecule has 0 aliphatic carbocycles. The maximum Gasteiger partial charge on any atom is 0.233 e. The monoisotopic (exact) mass is 349 g/mol. The molecule has 6 nitrogen and oxygen atoms in total. The normalized spacial score (nSPS) is 15.8. The molecule has 0 fully saturated rings. The molecule has 0 saturated heterocycles. The van der Waals surface area contributed by atoms with Gasteiger partial charge in [0, 0.05) is 6.54 Å². The smallest absolute Gasteiger partial charge is 0.233 e. The van der Waals surface area contributed by atoms with Crippen LogP contribution >= 0.6 is 0 Å². The molecule has 6 heteroatoms. The van der Waals surface area contributed by atoms with Crippen LogP contribution in [-0.2, 0) is 24.2 Å². The lowest BCUT2D eigenvalue weighted by Gasteiger charge is -2.22. The quantitative estimate of drug-likeness (QED) is 0.766. The maximum atomic E-state index is 12.1. The van der Waals surface area contributed by atoms with Gasteiger partial charge in [0.25, 0.3) is 0 Å². The summed E-state index contributed by atoms with van der Waals surface area (Å²) in [5, 5.41) is 6.80. The molecule has 0 saturated carbocycles. The van der Waals surface area contributed by atoms with Crippen LogP contribution in [0, 0.1) is 0 Å². The van der Waals surface area contributed by atoms with E-state index in [0.29, 0.717) is 24.9 Å². The number of hydrogen-bond acceptors (Lipinski definition) is 5. The molecular formula is C20H19N3O3. The Hall–Kier alpha value is -3.15. The largest absolute Gasteiger partial charge is 0.492 e. The van der Waals surface area contributed by atoms with Crippen LogP contribution in [0.2, 0.25) is 0 Å². The van der Waals surface area contributed by atoms with Crippen molar-refractivity contribution >= 4 is 5.91 Å². The topological polar surface area (TPSA) is 77.2 Å². The summed E-state index contributed by atoms with van der Waals surface area (Å²) in [6, 6.07) is 17.7. The molecule has 1 aliphatic heterocycles. The van der Waals surface area contributed by atoms with E-state index >= 15 is 0 Å². The second kappa shape index (κ2) is 7.39. The SMILES string of the molecule is O=C(Cc1noc([C@@H]2COc3ccccc3C2)n1)NCc1ccccc1. The number of carbonyl (C=O) groups excluding carboxylic acids is 1. The number of hydrogen-bond donors (Lipinski definition) is 1. The van der Waals surface area contributed by atoms with Gasteiger partial charge < -0.3 is 14.6 Å². The van der Waals surface area contributed by atoms with Gasteiger partial charge in [0.15, 0.2) is 5.82 Å². The predicted octanol–water partition coefficient (Wildman–Crippen LogP) is 2.65. The van der Waals surface area contributed by atoms with Crippen LogP contribution in [0.1, 0.15) is 28.8 Å². The Balaban J connectivity index is 1.34. The standard InChI is InChI=1S/C20H19N3O3/c24-19(21-12-14-6-2-1-3-7-14)11-18-22-20(26-23-18)16-10-15-8-4-5-9-17(15)25-13-16/h1-9,16H,10-13H2,(H,21,24)/t16-/m0/s1. The van der Waals surface area contributed by atoms with Gasteiger partial charge >= 0.3 is 0 Å². The van der Waals surface area contributed by atoms with E-state index in [-0.39, 0.29) is 18.2 Å². The molecule has 4 rings (SSSR count). The number of benzene rings is 2. The summed E-state index contributed by atoms with van der Waals surface area (Å²) in [6.07, 6.45) is 0.887. The summed E-state index contributed by atoms with van der Waals surface area (Å²) in [5.41, 5.74) is 2.18. The molecule has 132 valence electrons. The zero-order chi connectivity index (χ0) is 17.8. The molecule has 1 aliphatic rings. The maximum absolute atomic E-state index is 12.1. The highest BCUT2D eigenvalue weighted by Gasteiger charge is 2.26. The van der Waals surface area contributed by atoms with Crippen LogP contribution in [0.4, 0.5) is 0 Å². The van der Waals surface area contributed by atoms with E-state index in [2.05, 4.69) is 15.5 Å². The molecule has 0 bridgehead atoms. The van der Waals surface area contributed by atoms with Gasteiger partial charge in [-0.25, -0.2) is 0 Å². The van der Waals surface area contributed by atoms with Gasteiger partial charge in [-0.2, -0.15) is 4.98 Å². The van der Waals surface area contributed by atoms with Crippen molar-refractivity contribution in [1.82, 2.24) is 15.5 Å². The van der Waals surface area contributed by atoms with Gasteiger partial charge in [0.05, 0.1) is 12.3 Å². The van der Waals surface area contributed by atoms with Gasteiger partial charge in [0.2, 0.25) is 11.8 Å². The van der Waals surface area contributed by atoms with E-state index in [4.69, 9.17) is 9.26 Å². The van der Waals surface area contributed by atoms with Crippen LogP contribution in [0.5, 0.6) is 5.75 Å². The summed E-state index contributed by atoms with van der Waals surface area (Å²) in [5.74, 6) is 1.70. The van der Waals surface area contributed by atoms with E-state index in [1.807, 2.05) is 54.6 Å². The molecule has 0 spiro atoms. The summed E-state index contributed by atoms with van der Waals surface area (Å²) in [4.78, 5) is 16.5. The predicted molar refractivity (Wildman–Crippen MR) is 94.7 cm³/mol. The van der Waals surface area contributed by atoms with Crippen molar-refractivity contribution in [2.24, 2.45) is 0 Å². The second-order valence-electron chi connectivity index (χ2n) is 6.31. The van der Waals surface area contributed by atoms with E-state index in [1.54, 1.807) is 0 Å². The summed E-state index contributed by atoms with van der Waals surface area (Å²) in [7, 11) is 0. The van der Waals surface area contributed by atoms with Crippen molar-refractivity contribution in [3.8, 4) is 5.75 Å². The van der Waals surface area contributed by atoms with Crippen LogP contribution in [0.25, 0.3) is 0 Å². The lowest BCUT2D eigenvalue weighted by molar-refractivity contribution is -0.120. The molecule has 1 aromatic heterocycles. The number of nitrogens with zero attached hydrogens (tertiary/aromatic N) is 2. The first-order valence-electron chi connectivity index (χ1n) is 8.62. The minimum atomic E-state index is -0.133. The second-order valence-corrected chi connectivity index (χ2v) is 6.31. The number of fused-ring (bicyclic) bond motifs is 1. The number of para-hydroxylation sites is 1. The number of amides is 1. The van der Waals surface area contributed by atoms with Crippen molar-refractivity contribution in [3.63, 3.8) is 0 Å². The molecule has 2 heterocycles. The van der Waals surface area contributed by atoms with Crippen LogP contribution in [0.15, 0.2) is 59.1 Å². The Morgan fingerprint density at radius 1 is 1.12 bits per heavy atom.